The standard InChI is InChI=1S/C14H18N4O2S/c1-2-18-13(7-8-16-18)21(19,20)17-12-9-10-5-3-4-6-11(10)14(12)15/h3-8,12,14,17H,2,9,15H2,1H3/t12-,14-/m1/s1. The van der Waals surface area contributed by atoms with E-state index in [1.807, 2.05) is 31.2 Å². The van der Waals surface area contributed by atoms with Crippen LogP contribution in [0, 0.1) is 0 Å². The summed E-state index contributed by atoms with van der Waals surface area (Å²) in [5.41, 5.74) is 8.28. The van der Waals surface area contributed by atoms with E-state index in [0.29, 0.717) is 13.0 Å². The Morgan fingerprint density at radius 2 is 2.14 bits per heavy atom. The van der Waals surface area contributed by atoms with Crippen LogP contribution in [0.2, 0.25) is 0 Å². The molecule has 3 rings (SSSR count). The van der Waals surface area contributed by atoms with Crippen molar-refractivity contribution in [3.05, 3.63) is 47.7 Å². The zero-order chi connectivity index (χ0) is 15.0. The van der Waals surface area contributed by atoms with Crippen LogP contribution in [-0.4, -0.2) is 24.2 Å². The number of rotatable bonds is 4. The monoisotopic (exact) mass is 306 g/mol. The van der Waals surface area contributed by atoms with Crippen molar-refractivity contribution in [1.29, 1.82) is 0 Å². The minimum Gasteiger partial charge on any atom is -0.323 e. The van der Waals surface area contributed by atoms with Crippen molar-refractivity contribution < 1.29 is 8.42 Å². The van der Waals surface area contributed by atoms with Gasteiger partial charge in [-0.25, -0.2) is 13.1 Å². The summed E-state index contributed by atoms with van der Waals surface area (Å²) >= 11 is 0. The first-order chi connectivity index (χ1) is 10.0. The van der Waals surface area contributed by atoms with Gasteiger partial charge in [-0.05, 0) is 30.5 Å². The highest BCUT2D eigenvalue weighted by Gasteiger charge is 2.33. The summed E-state index contributed by atoms with van der Waals surface area (Å²) in [4.78, 5) is 0. The number of hydrogen-bond donors (Lipinski definition) is 2. The van der Waals surface area contributed by atoms with Crippen molar-refractivity contribution in [3.8, 4) is 0 Å². The van der Waals surface area contributed by atoms with Gasteiger partial charge in [-0.15, -0.1) is 0 Å². The number of aromatic nitrogens is 2. The van der Waals surface area contributed by atoms with Crippen LogP contribution >= 0.6 is 0 Å². The fraction of sp³-hybridized carbons (Fsp3) is 0.357. The highest BCUT2D eigenvalue weighted by molar-refractivity contribution is 7.89. The molecule has 0 fully saturated rings. The molecule has 3 N–H and O–H groups in total. The van der Waals surface area contributed by atoms with Gasteiger partial charge in [-0.1, -0.05) is 24.3 Å². The zero-order valence-electron chi connectivity index (χ0n) is 11.7. The van der Waals surface area contributed by atoms with Crippen LogP contribution in [0.3, 0.4) is 0 Å². The Kier molecular flexibility index (Phi) is 3.56. The zero-order valence-corrected chi connectivity index (χ0v) is 12.5. The quantitative estimate of drug-likeness (QED) is 0.874. The molecule has 0 radical (unpaired) electrons. The summed E-state index contributed by atoms with van der Waals surface area (Å²) in [5.74, 6) is 0. The highest BCUT2D eigenvalue weighted by Crippen LogP contribution is 2.30. The van der Waals surface area contributed by atoms with Gasteiger partial charge in [0, 0.05) is 18.6 Å². The Labute approximate surface area is 124 Å². The smallest absolute Gasteiger partial charge is 0.258 e. The van der Waals surface area contributed by atoms with Crippen molar-refractivity contribution in [1.82, 2.24) is 14.5 Å². The summed E-state index contributed by atoms with van der Waals surface area (Å²) in [7, 11) is -3.62. The van der Waals surface area contributed by atoms with Crippen LogP contribution < -0.4 is 10.5 Å². The number of aryl methyl sites for hydroxylation is 1. The lowest BCUT2D eigenvalue weighted by Gasteiger charge is -2.18. The number of hydrogen-bond acceptors (Lipinski definition) is 4. The highest BCUT2D eigenvalue weighted by atomic mass is 32.2. The van der Waals surface area contributed by atoms with Crippen molar-refractivity contribution in [3.63, 3.8) is 0 Å². The van der Waals surface area contributed by atoms with Crippen molar-refractivity contribution in [2.45, 2.75) is 37.0 Å². The van der Waals surface area contributed by atoms with Crippen LogP contribution in [0.1, 0.15) is 24.1 Å². The summed E-state index contributed by atoms with van der Waals surface area (Å²) in [6, 6.07) is 8.64. The number of sulfonamides is 1. The average Bonchev–Trinajstić information content (AvgIpc) is 3.05. The molecule has 1 aromatic heterocycles. The summed E-state index contributed by atoms with van der Waals surface area (Å²) in [5, 5.41) is 4.17. The van der Waals surface area contributed by atoms with Gasteiger partial charge >= 0.3 is 0 Å². The second kappa shape index (κ2) is 5.25. The molecule has 0 aliphatic heterocycles. The van der Waals surface area contributed by atoms with Gasteiger partial charge in [-0.2, -0.15) is 5.10 Å². The molecule has 2 atom stereocenters. The first-order valence-electron chi connectivity index (χ1n) is 6.90. The van der Waals surface area contributed by atoms with Gasteiger partial charge < -0.3 is 5.73 Å². The molecule has 0 bridgehead atoms. The number of fused-ring (bicyclic) bond motifs is 1. The van der Waals surface area contributed by atoms with Gasteiger partial charge in [0.2, 0.25) is 0 Å². The molecule has 21 heavy (non-hydrogen) atoms. The van der Waals surface area contributed by atoms with Crippen molar-refractivity contribution in [2.75, 3.05) is 0 Å². The topological polar surface area (TPSA) is 90.0 Å². The van der Waals surface area contributed by atoms with Crippen LogP contribution in [0.5, 0.6) is 0 Å². The summed E-state index contributed by atoms with van der Waals surface area (Å²) < 4.78 is 29.2. The van der Waals surface area contributed by atoms with Crippen molar-refractivity contribution >= 4 is 10.0 Å². The van der Waals surface area contributed by atoms with Crippen LogP contribution in [0.25, 0.3) is 0 Å². The SMILES string of the molecule is CCn1nccc1S(=O)(=O)N[C@@H]1Cc2ccccc2[C@H]1N. The molecule has 1 heterocycles. The third-order valence-corrected chi connectivity index (χ3v) is 5.36. The molecular formula is C14H18N4O2S. The Bertz CT molecular complexity index is 754. The Morgan fingerprint density at radius 1 is 1.38 bits per heavy atom. The van der Waals surface area contributed by atoms with E-state index in [1.54, 1.807) is 0 Å². The van der Waals surface area contributed by atoms with E-state index in [1.165, 1.54) is 16.9 Å². The Hall–Kier alpha value is -1.70. The minimum atomic E-state index is -3.62. The maximum atomic E-state index is 12.5. The maximum Gasteiger partial charge on any atom is 0.258 e. The summed E-state index contributed by atoms with van der Waals surface area (Å²) in [6.07, 6.45) is 2.10. The minimum absolute atomic E-state index is 0.174. The fourth-order valence-corrected chi connectivity index (χ4v) is 4.23. The van der Waals surface area contributed by atoms with Crippen molar-refractivity contribution in [2.24, 2.45) is 5.73 Å². The maximum absolute atomic E-state index is 12.5. The first-order valence-corrected chi connectivity index (χ1v) is 8.39. The molecule has 112 valence electrons. The van der Waals surface area contributed by atoms with E-state index in [4.69, 9.17) is 5.73 Å². The first kappa shape index (κ1) is 14.2. The molecule has 0 spiro atoms. The van der Waals surface area contributed by atoms with Gasteiger partial charge in [0.1, 0.15) is 0 Å². The molecule has 0 saturated heterocycles. The number of nitrogens with zero attached hydrogens (tertiary/aromatic N) is 2. The lowest BCUT2D eigenvalue weighted by molar-refractivity contribution is 0.500. The normalized spacial score (nSPS) is 21.4. The molecule has 0 saturated carbocycles. The predicted molar refractivity (Wildman–Crippen MR) is 79.1 cm³/mol. The second-order valence-electron chi connectivity index (χ2n) is 5.14. The molecule has 0 unspecified atom stereocenters. The van der Waals surface area contributed by atoms with E-state index in [9.17, 15) is 8.42 Å². The molecule has 1 aromatic carbocycles. The third-order valence-electron chi connectivity index (χ3n) is 3.85. The number of nitrogens with two attached hydrogens (primary N) is 1. The number of benzene rings is 1. The summed E-state index contributed by atoms with van der Waals surface area (Å²) in [6.45, 7) is 2.35. The largest absolute Gasteiger partial charge is 0.323 e. The molecule has 0 amide bonds. The average molecular weight is 306 g/mol. The van der Waals surface area contributed by atoms with E-state index < -0.39 is 10.0 Å². The van der Waals surface area contributed by atoms with Gasteiger partial charge in [0.05, 0.1) is 6.20 Å². The second-order valence-corrected chi connectivity index (χ2v) is 6.80. The molecule has 7 heteroatoms. The van der Waals surface area contributed by atoms with Gasteiger partial charge in [0.15, 0.2) is 5.03 Å². The Balaban J connectivity index is 1.85. The molecule has 2 aromatic rings. The lowest BCUT2D eigenvalue weighted by Crippen LogP contribution is -2.41. The Morgan fingerprint density at radius 3 is 2.86 bits per heavy atom. The van der Waals surface area contributed by atoms with E-state index in [2.05, 4.69) is 9.82 Å². The molecule has 1 aliphatic rings. The predicted octanol–water partition coefficient (Wildman–Crippen LogP) is 0.806. The molecule has 1 aliphatic carbocycles. The van der Waals surface area contributed by atoms with Gasteiger partial charge in [-0.3, -0.25) is 4.68 Å². The van der Waals surface area contributed by atoms with Crippen LogP contribution in [-0.2, 0) is 23.0 Å². The lowest BCUT2D eigenvalue weighted by atomic mass is 10.1. The third kappa shape index (κ3) is 2.48. The van der Waals surface area contributed by atoms with Crippen LogP contribution in [0.15, 0.2) is 41.6 Å². The number of nitrogens with one attached hydrogen (secondary N) is 1. The van der Waals surface area contributed by atoms with E-state index in [0.717, 1.165) is 11.1 Å². The van der Waals surface area contributed by atoms with Gasteiger partial charge in [0.25, 0.3) is 10.0 Å². The van der Waals surface area contributed by atoms with E-state index in [-0.39, 0.29) is 17.1 Å². The van der Waals surface area contributed by atoms with E-state index >= 15 is 0 Å². The molecular weight excluding hydrogens is 288 g/mol. The fourth-order valence-electron chi connectivity index (χ4n) is 2.79. The van der Waals surface area contributed by atoms with Crippen LogP contribution in [0.4, 0.5) is 0 Å². The molecule has 6 nitrogen and oxygen atoms in total.